The van der Waals surface area contributed by atoms with Gasteiger partial charge in [0.15, 0.2) is 0 Å². The molecule has 1 saturated carbocycles. The molecule has 1 N–H and O–H groups in total. The summed E-state index contributed by atoms with van der Waals surface area (Å²) >= 11 is 1.70. The van der Waals surface area contributed by atoms with Gasteiger partial charge in [-0.3, -0.25) is 0 Å². The molecule has 1 aromatic rings. The lowest BCUT2D eigenvalue weighted by molar-refractivity contribution is 0.280. The molecule has 0 radical (unpaired) electrons. The Hall–Kier alpha value is -0.640. The molecular weight excluding hydrogens is 218 g/mol. The zero-order valence-corrected chi connectivity index (χ0v) is 11.2. The Morgan fingerprint density at radius 3 is 2.81 bits per heavy atom. The molecule has 2 rings (SSSR count). The van der Waals surface area contributed by atoms with E-state index in [1.807, 2.05) is 0 Å². The van der Waals surface area contributed by atoms with Crippen LogP contribution in [0.4, 0.5) is 5.13 Å². The highest BCUT2D eigenvalue weighted by Crippen LogP contribution is 2.31. The number of nitrogens with one attached hydrogen (secondary N) is 1. The van der Waals surface area contributed by atoms with E-state index in [0.29, 0.717) is 6.04 Å². The van der Waals surface area contributed by atoms with E-state index in [1.165, 1.54) is 19.3 Å². The monoisotopic (exact) mass is 239 g/mol. The van der Waals surface area contributed by atoms with Crippen LogP contribution in [0.15, 0.2) is 0 Å². The summed E-state index contributed by atoms with van der Waals surface area (Å²) in [6.07, 6.45) is 4.95. The topological polar surface area (TPSA) is 37.8 Å². The van der Waals surface area contributed by atoms with E-state index in [2.05, 4.69) is 36.3 Å². The van der Waals surface area contributed by atoms with Crippen molar-refractivity contribution in [3.8, 4) is 0 Å². The lowest BCUT2D eigenvalue weighted by atomic mass is 9.80. The number of anilines is 1. The second kappa shape index (κ2) is 5.13. The van der Waals surface area contributed by atoms with Crippen LogP contribution >= 0.6 is 11.3 Å². The highest BCUT2D eigenvalue weighted by atomic mass is 32.1. The third-order valence-corrected chi connectivity index (χ3v) is 4.53. The standard InChI is InChI=1S/C12H21N3S/c1-4-11-14-15-12(16-11)13-10-7-8(2)5-6-9(10)3/h8-10H,4-7H2,1-3H3,(H,13,15). The van der Waals surface area contributed by atoms with Crippen LogP contribution in [0.3, 0.4) is 0 Å². The number of nitrogens with zero attached hydrogens (tertiary/aromatic N) is 2. The second-order valence-corrected chi connectivity index (χ2v) is 6.06. The Labute approximate surface area is 102 Å². The van der Waals surface area contributed by atoms with Gasteiger partial charge in [0.05, 0.1) is 0 Å². The zero-order chi connectivity index (χ0) is 11.5. The quantitative estimate of drug-likeness (QED) is 0.879. The van der Waals surface area contributed by atoms with E-state index in [0.717, 1.165) is 28.4 Å². The van der Waals surface area contributed by atoms with Crippen molar-refractivity contribution in [2.24, 2.45) is 11.8 Å². The molecule has 3 unspecified atom stereocenters. The first kappa shape index (κ1) is 11.8. The van der Waals surface area contributed by atoms with Gasteiger partial charge in [0.25, 0.3) is 0 Å². The van der Waals surface area contributed by atoms with Gasteiger partial charge in [-0.2, -0.15) is 0 Å². The van der Waals surface area contributed by atoms with Crippen molar-refractivity contribution in [2.75, 3.05) is 5.32 Å². The number of hydrogen-bond acceptors (Lipinski definition) is 4. The number of rotatable bonds is 3. The largest absolute Gasteiger partial charge is 0.357 e. The van der Waals surface area contributed by atoms with E-state index in [9.17, 15) is 0 Å². The van der Waals surface area contributed by atoms with Crippen molar-refractivity contribution < 1.29 is 0 Å². The van der Waals surface area contributed by atoms with Crippen molar-refractivity contribution in [1.82, 2.24) is 10.2 Å². The molecule has 0 saturated heterocycles. The summed E-state index contributed by atoms with van der Waals surface area (Å²) in [4.78, 5) is 0. The average molecular weight is 239 g/mol. The second-order valence-electron chi connectivity index (χ2n) is 5.00. The lowest BCUT2D eigenvalue weighted by Gasteiger charge is -2.33. The molecule has 0 amide bonds. The Morgan fingerprint density at radius 2 is 2.12 bits per heavy atom. The summed E-state index contributed by atoms with van der Waals surface area (Å²) in [7, 11) is 0. The summed E-state index contributed by atoms with van der Waals surface area (Å²) in [5, 5.41) is 14.0. The molecule has 3 atom stereocenters. The van der Waals surface area contributed by atoms with E-state index in [1.54, 1.807) is 11.3 Å². The molecular formula is C12H21N3S. The van der Waals surface area contributed by atoms with Gasteiger partial charge in [-0.25, -0.2) is 0 Å². The van der Waals surface area contributed by atoms with Crippen molar-refractivity contribution in [1.29, 1.82) is 0 Å². The fourth-order valence-electron chi connectivity index (χ4n) is 2.35. The minimum absolute atomic E-state index is 0.585. The van der Waals surface area contributed by atoms with Gasteiger partial charge in [-0.15, -0.1) is 10.2 Å². The molecule has 4 heteroatoms. The number of aromatic nitrogens is 2. The van der Waals surface area contributed by atoms with Gasteiger partial charge in [0, 0.05) is 6.04 Å². The van der Waals surface area contributed by atoms with Crippen LogP contribution < -0.4 is 5.32 Å². The first-order valence-electron chi connectivity index (χ1n) is 6.28. The van der Waals surface area contributed by atoms with E-state index in [-0.39, 0.29) is 0 Å². The van der Waals surface area contributed by atoms with Crippen LogP contribution in [0.25, 0.3) is 0 Å². The predicted octanol–water partition coefficient (Wildman–Crippen LogP) is 3.34. The highest BCUT2D eigenvalue weighted by Gasteiger charge is 2.25. The SMILES string of the molecule is CCc1nnc(NC2CC(C)CCC2C)s1. The van der Waals surface area contributed by atoms with Gasteiger partial charge >= 0.3 is 0 Å². The Morgan fingerprint density at radius 1 is 1.31 bits per heavy atom. The van der Waals surface area contributed by atoms with Crippen molar-refractivity contribution >= 4 is 16.5 Å². The molecule has 1 heterocycles. The van der Waals surface area contributed by atoms with E-state index in [4.69, 9.17) is 0 Å². The van der Waals surface area contributed by atoms with Crippen LogP contribution in [0.5, 0.6) is 0 Å². The number of aryl methyl sites for hydroxylation is 1. The van der Waals surface area contributed by atoms with Gasteiger partial charge in [-0.05, 0) is 31.1 Å². The maximum absolute atomic E-state index is 4.20. The summed E-state index contributed by atoms with van der Waals surface area (Å²) in [5.74, 6) is 1.59. The molecule has 0 aliphatic heterocycles. The van der Waals surface area contributed by atoms with Gasteiger partial charge in [0.2, 0.25) is 5.13 Å². The molecule has 90 valence electrons. The first-order chi connectivity index (χ1) is 7.69. The Balaban J connectivity index is 1.97. The van der Waals surface area contributed by atoms with Gasteiger partial charge in [-0.1, -0.05) is 38.5 Å². The van der Waals surface area contributed by atoms with Crippen molar-refractivity contribution in [3.63, 3.8) is 0 Å². The minimum Gasteiger partial charge on any atom is -0.357 e. The summed E-state index contributed by atoms with van der Waals surface area (Å²) in [5.41, 5.74) is 0. The molecule has 0 aromatic carbocycles. The molecule has 1 fully saturated rings. The fraction of sp³-hybridized carbons (Fsp3) is 0.833. The third-order valence-electron chi connectivity index (χ3n) is 3.54. The zero-order valence-electron chi connectivity index (χ0n) is 10.4. The van der Waals surface area contributed by atoms with E-state index < -0.39 is 0 Å². The highest BCUT2D eigenvalue weighted by molar-refractivity contribution is 7.15. The molecule has 1 aromatic heterocycles. The van der Waals surface area contributed by atoms with Crippen LogP contribution in [0.2, 0.25) is 0 Å². The lowest BCUT2D eigenvalue weighted by Crippen LogP contribution is -2.33. The van der Waals surface area contributed by atoms with Gasteiger partial charge in [0.1, 0.15) is 5.01 Å². The Kier molecular flexibility index (Phi) is 3.79. The molecule has 1 aliphatic carbocycles. The smallest absolute Gasteiger partial charge is 0.205 e. The summed E-state index contributed by atoms with van der Waals surface area (Å²) < 4.78 is 0. The van der Waals surface area contributed by atoms with Crippen molar-refractivity contribution in [2.45, 2.75) is 52.5 Å². The Bertz CT molecular complexity index is 337. The molecule has 0 spiro atoms. The maximum Gasteiger partial charge on any atom is 0.205 e. The van der Waals surface area contributed by atoms with Crippen LogP contribution in [0.1, 0.15) is 45.0 Å². The molecule has 16 heavy (non-hydrogen) atoms. The summed E-state index contributed by atoms with van der Waals surface area (Å²) in [6.45, 7) is 6.80. The normalized spacial score (nSPS) is 30.3. The van der Waals surface area contributed by atoms with Crippen LogP contribution in [0, 0.1) is 11.8 Å². The average Bonchev–Trinajstić information content (AvgIpc) is 2.71. The van der Waals surface area contributed by atoms with Gasteiger partial charge < -0.3 is 5.32 Å². The molecule has 1 aliphatic rings. The fourth-order valence-corrected chi connectivity index (χ4v) is 3.09. The van der Waals surface area contributed by atoms with Crippen molar-refractivity contribution in [3.05, 3.63) is 5.01 Å². The van der Waals surface area contributed by atoms with E-state index >= 15 is 0 Å². The molecule has 3 nitrogen and oxygen atoms in total. The maximum atomic E-state index is 4.20. The van der Waals surface area contributed by atoms with Crippen LogP contribution in [-0.2, 0) is 6.42 Å². The molecule has 0 bridgehead atoms. The third kappa shape index (κ3) is 2.73. The summed E-state index contributed by atoms with van der Waals surface area (Å²) in [6, 6.07) is 0.585. The minimum atomic E-state index is 0.585. The first-order valence-corrected chi connectivity index (χ1v) is 7.09. The van der Waals surface area contributed by atoms with Crippen LogP contribution in [-0.4, -0.2) is 16.2 Å². The number of hydrogen-bond donors (Lipinski definition) is 1. The predicted molar refractivity (Wildman–Crippen MR) is 68.9 cm³/mol.